The maximum Gasteiger partial charge on any atom is 0.224 e. The van der Waals surface area contributed by atoms with Crippen LogP contribution in [0.1, 0.15) is 30.4 Å². The van der Waals surface area contributed by atoms with Crippen LogP contribution in [0.15, 0.2) is 48.8 Å². The van der Waals surface area contributed by atoms with Gasteiger partial charge in [0.25, 0.3) is 0 Å². The molecule has 3 saturated carbocycles. The van der Waals surface area contributed by atoms with E-state index in [1.807, 2.05) is 24.3 Å². The van der Waals surface area contributed by atoms with Crippen molar-refractivity contribution in [1.82, 2.24) is 10.3 Å². The van der Waals surface area contributed by atoms with Crippen molar-refractivity contribution in [3.63, 3.8) is 0 Å². The number of carbonyl (C=O) groups is 1. The van der Waals surface area contributed by atoms with E-state index >= 15 is 0 Å². The Hall–Kier alpha value is -2.23. The zero-order valence-corrected chi connectivity index (χ0v) is 12.8. The average Bonchev–Trinajstić information content (AvgIpc) is 3.15. The van der Waals surface area contributed by atoms with Gasteiger partial charge in [0.05, 0.1) is 5.92 Å². The van der Waals surface area contributed by atoms with E-state index in [0.29, 0.717) is 12.5 Å². The minimum atomic E-state index is -0.225. The average molecular weight is 310 g/mol. The van der Waals surface area contributed by atoms with Crippen LogP contribution in [-0.4, -0.2) is 10.9 Å². The van der Waals surface area contributed by atoms with Crippen LogP contribution < -0.4 is 5.32 Å². The zero-order chi connectivity index (χ0) is 15.9. The summed E-state index contributed by atoms with van der Waals surface area (Å²) >= 11 is 0. The van der Waals surface area contributed by atoms with Crippen LogP contribution in [0.3, 0.4) is 0 Å². The van der Waals surface area contributed by atoms with Gasteiger partial charge in [-0.25, -0.2) is 4.39 Å². The van der Waals surface area contributed by atoms with E-state index in [9.17, 15) is 9.18 Å². The largest absolute Gasteiger partial charge is 0.352 e. The molecule has 2 aromatic rings. The summed E-state index contributed by atoms with van der Waals surface area (Å²) in [5.74, 6) is 0.377. The van der Waals surface area contributed by atoms with E-state index in [1.54, 1.807) is 12.4 Å². The number of benzene rings is 1. The Kier molecular flexibility index (Phi) is 3.40. The third-order valence-corrected chi connectivity index (χ3v) is 5.55. The van der Waals surface area contributed by atoms with E-state index < -0.39 is 0 Å². The number of hydrogen-bond donors (Lipinski definition) is 1. The van der Waals surface area contributed by atoms with Gasteiger partial charge in [0.1, 0.15) is 5.82 Å². The Morgan fingerprint density at radius 2 is 2.13 bits per heavy atom. The van der Waals surface area contributed by atoms with Gasteiger partial charge in [0.15, 0.2) is 0 Å². The maximum absolute atomic E-state index is 13.2. The molecule has 0 aliphatic heterocycles. The van der Waals surface area contributed by atoms with Gasteiger partial charge in [0.2, 0.25) is 5.91 Å². The lowest BCUT2D eigenvalue weighted by Crippen LogP contribution is -2.52. The lowest BCUT2D eigenvalue weighted by molar-refractivity contribution is -0.133. The van der Waals surface area contributed by atoms with Crippen molar-refractivity contribution in [2.24, 2.45) is 11.8 Å². The number of amides is 1. The summed E-state index contributed by atoms with van der Waals surface area (Å²) in [5.41, 5.74) is 2.02. The van der Waals surface area contributed by atoms with E-state index in [2.05, 4.69) is 10.3 Å². The maximum atomic E-state index is 13.2. The van der Waals surface area contributed by atoms with E-state index in [1.165, 1.54) is 12.1 Å². The molecule has 0 saturated heterocycles. The second kappa shape index (κ2) is 5.44. The molecular weight excluding hydrogens is 291 g/mol. The van der Waals surface area contributed by atoms with Crippen LogP contribution >= 0.6 is 0 Å². The fraction of sp³-hybridized carbons (Fsp3) is 0.368. The zero-order valence-electron chi connectivity index (χ0n) is 12.8. The predicted octanol–water partition coefficient (Wildman–Crippen LogP) is 3.20. The molecule has 5 rings (SSSR count). The number of nitrogens with zero attached hydrogens (tertiary/aromatic N) is 1. The first kappa shape index (κ1) is 14.4. The van der Waals surface area contributed by atoms with Gasteiger partial charge < -0.3 is 5.32 Å². The van der Waals surface area contributed by atoms with Gasteiger partial charge in [0, 0.05) is 24.4 Å². The molecule has 2 bridgehead atoms. The van der Waals surface area contributed by atoms with Gasteiger partial charge in [-0.05, 0) is 54.5 Å². The topological polar surface area (TPSA) is 42.0 Å². The van der Waals surface area contributed by atoms with E-state index in [-0.39, 0.29) is 23.1 Å². The van der Waals surface area contributed by atoms with Crippen LogP contribution in [0.2, 0.25) is 0 Å². The number of fused-ring (bicyclic) bond motifs is 1. The molecule has 0 spiro atoms. The third kappa shape index (κ3) is 2.33. The lowest BCUT2D eigenvalue weighted by Gasteiger charge is -2.47. The normalized spacial score (nSPS) is 28.2. The van der Waals surface area contributed by atoms with Crippen LogP contribution in [0.5, 0.6) is 0 Å². The van der Waals surface area contributed by atoms with Gasteiger partial charge in [-0.1, -0.05) is 18.2 Å². The highest BCUT2D eigenvalue weighted by Crippen LogP contribution is 2.63. The van der Waals surface area contributed by atoms with Crippen molar-refractivity contribution in [2.75, 3.05) is 0 Å². The molecule has 3 atom stereocenters. The molecular formula is C19H19FN2O. The standard InChI is InChI=1S/C19H19FN2O/c20-16-5-3-15(4-6-16)19-8-7-14(10-19)17(19)18(23)22-12-13-2-1-9-21-11-13/h1-6,9,11,14,17H,7-8,10,12H2,(H,22,23). The van der Waals surface area contributed by atoms with Crippen molar-refractivity contribution in [2.45, 2.75) is 31.2 Å². The number of carbonyl (C=O) groups excluding carboxylic acids is 1. The molecule has 3 aliphatic rings. The number of aromatic nitrogens is 1. The Morgan fingerprint density at radius 3 is 2.83 bits per heavy atom. The molecule has 1 amide bonds. The summed E-state index contributed by atoms with van der Waals surface area (Å²) < 4.78 is 13.2. The number of rotatable bonds is 4. The Balaban J connectivity index is 1.50. The number of pyridine rings is 1. The van der Waals surface area contributed by atoms with Crippen LogP contribution in [0, 0.1) is 17.7 Å². The molecule has 1 aromatic heterocycles. The summed E-state index contributed by atoms with van der Waals surface area (Å²) in [6.07, 6.45) is 6.65. The molecule has 3 fully saturated rings. The molecule has 3 aliphatic carbocycles. The second-order valence-corrected chi connectivity index (χ2v) is 6.72. The molecule has 4 heteroatoms. The highest BCUT2D eigenvalue weighted by molar-refractivity contribution is 5.83. The fourth-order valence-corrected chi connectivity index (χ4v) is 4.46. The molecule has 3 unspecified atom stereocenters. The first-order valence-electron chi connectivity index (χ1n) is 8.12. The second-order valence-electron chi connectivity index (χ2n) is 6.72. The van der Waals surface area contributed by atoms with Crippen LogP contribution in [0.25, 0.3) is 0 Å². The van der Waals surface area contributed by atoms with E-state index in [4.69, 9.17) is 0 Å². The molecule has 1 N–H and O–H groups in total. The monoisotopic (exact) mass is 310 g/mol. The van der Waals surface area contributed by atoms with Crippen LogP contribution in [0.4, 0.5) is 4.39 Å². The third-order valence-electron chi connectivity index (χ3n) is 5.55. The van der Waals surface area contributed by atoms with Gasteiger partial charge >= 0.3 is 0 Å². The van der Waals surface area contributed by atoms with Gasteiger partial charge in [-0.2, -0.15) is 0 Å². The summed E-state index contributed by atoms with van der Waals surface area (Å²) in [6, 6.07) is 10.5. The Morgan fingerprint density at radius 1 is 1.30 bits per heavy atom. The molecule has 1 aromatic carbocycles. The van der Waals surface area contributed by atoms with Gasteiger partial charge in [-0.3, -0.25) is 9.78 Å². The molecule has 0 radical (unpaired) electrons. The summed E-state index contributed by atoms with van der Waals surface area (Å²) in [5, 5.41) is 3.05. The number of halogens is 1. The summed E-state index contributed by atoms with van der Waals surface area (Å²) in [6.45, 7) is 0.509. The molecule has 1 heterocycles. The van der Waals surface area contributed by atoms with Crippen molar-refractivity contribution < 1.29 is 9.18 Å². The Bertz CT molecular complexity index is 712. The van der Waals surface area contributed by atoms with Crippen molar-refractivity contribution in [1.29, 1.82) is 0 Å². The SMILES string of the molecule is O=C(NCc1cccnc1)C1C2CCC1(c1ccc(F)cc1)C2. The quantitative estimate of drug-likeness (QED) is 0.942. The summed E-state index contributed by atoms with van der Waals surface area (Å²) in [7, 11) is 0. The molecule has 3 nitrogen and oxygen atoms in total. The highest BCUT2D eigenvalue weighted by atomic mass is 19.1. The highest BCUT2D eigenvalue weighted by Gasteiger charge is 2.62. The van der Waals surface area contributed by atoms with Gasteiger partial charge in [-0.15, -0.1) is 0 Å². The molecule has 118 valence electrons. The number of hydrogen-bond acceptors (Lipinski definition) is 2. The van der Waals surface area contributed by atoms with Crippen LogP contribution in [-0.2, 0) is 16.8 Å². The minimum Gasteiger partial charge on any atom is -0.352 e. The summed E-state index contributed by atoms with van der Waals surface area (Å²) in [4.78, 5) is 16.8. The first-order valence-corrected chi connectivity index (χ1v) is 8.12. The fourth-order valence-electron chi connectivity index (χ4n) is 4.46. The smallest absolute Gasteiger partial charge is 0.224 e. The van der Waals surface area contributed by atoms with Crippen molar-refractivity contribution >= 4 is 5.91 Å². The number of nitrogens with one attached hydrogen (secondary N) is 1. The van der Waals surface area contributed by atoms with Crippen molar-refractivity contribution in [3.8, 4) is 0 Å². The van der Waals surface area contributed by atoms with Crippen molar-refractivity contribution in [3.05, 3.63) is 65.7 Å². The molecule has 23 heavy (non-hydrogen) atoms. The van der Waals surface area contributed by atoms with E-state index in [0.717, 1.165) is 30.4 Å². The predicted molar refractivity (Wildman–Crippen MR) is 85.0 cm³/mol. The lowest BCUT2D eigenvalue weighted by atomic mass is 9.56. The Labute approximate surface area is 134 Å². The minimum absolute atomic E-state index is 0.0182. The first-order chi connectivity index (χ1) is 11.2.